The summed E-state index contributed by atoms with van der Waals surface area (Å²) < 4.78 is 46.8. The van der Waals surface area contributed by atoms with Crippen molar-refractivity contribution < 1.29 is 17.9 Å². The average molecular weight is 409 g/mol. The number of halogens is 3. The monoisotopic (exact) mass is 409 g/mol. The molecular formula is C20H26F3N5O. The van der Waals surface area contributed by atoms with E-state index in [1.165, 1.54) is 12.8 Å². The number of anilines is 1. The van der Waals surface area contributed by atoms with Crippen molar-refractivity contribution in [2.75, 3.05) is 18.4 Å². The number of aryl methyl sites for hydroxylation is 1. The maximum Gasteiger partial charge on any atom is 0.416 e. The second-order valence-corrected chi connectivity index (χ2v) is 8.32. The largest absolute Gasteiger partial charge is 0.424 e. The molecule has 1 aliphatic carbocycles. The second-order valence-electron chi connectivity index (χ2n) is 8.32. The molecule has 2 aromatic rings. The van der Waals surface area contributed by atoms with Crippen molar-refractivity contribution in [3.8, 4) is 11.8 Å². The summed E-state index contributed by atoms with van der Waals surface area (Å²) in [5.41, 5.74) is -0.275. The predicted molar refractivity (Wildman–Crippen MR) is 103 cm³/mol. The summed E-state index contributed by atoms with van der Waals surface area (Å²) in [6, 6.07) is 4.09. The molecule has 1 aromatic heterocycles. The fraction of sp³-hybridized carbons (Fsp3) is 0.600. The smallest absolute Gasteiger partial charge is 0.416 e. The van der Waals surface area contributed by atoms with Gasteiger partial charge >= 0.3 is 12.2 Å². The Morgan fingerprint density at radius 3 is 2.48 bits per heavy atom. The Kier molecular flexibility index (Phi) is 5.18. The van der Waals surface area contributed by atoms with Crippen LogP contribution >= 0.6 is 0 Å². The standard InChI is InChI=1S/C20H26F3N5O/c1-11(2)28-19(29-16-7-12(3)6-15(8-16)20(21,22)23)26-18(27-28)25-17-13-4-5-14(17)10-24-9-13/h6-8,11,13-14,17,24H,4-5,9-10H2,1-3H3,(H,25,27)/t13-,14+,17?. The van der Waals surface area contributed by atoms with Crippen molar-refractivity contribution in [2.45, 2.75) is 51.9 Å². The highest BCUT2D eigenvalue weighted by Crippen LogP contribution is 2.37. The number of benzene rings is 1. The maximum atomic E-state index is 13.1. The fourth-order valence-corrected chi connectivity index (χ4v) is 4.32. The molecule has 1 aromatic carbocycles. The van der Waals surface area contributed by atoms with E-state index in [4.69, 9.17) is 4.74 Å². The Morgan fingerprint density at radius 2 is 1.86 bits per heavy atom. The van der Waals surface area contributed by atoms with Gasteiger partial charge in [0, 0.05) is 6.04 Å². The van der Waals surface area contributed by atoms with E-state index in [1.807, 2.05) is 13.8 Å². The highest BCUT2D eigenvalue weighted by atomic mass is 19.4. The second kappa shape index (κ2) is 7.51. The van der Waals surface area contributed by atoms with Gasteiger partial charge in [-0.25, -0.2) is 4.68 Å². The van der Waals surface area contributed by atoms with Gasteiger partial charge in [0.15, 0.2) is 0 Å². The van der Waals surface area contributed by atoms with Crippen LogP contribution in [-0.2, 0) is 6.18 Å². The fourth-order valence-electron chi connectivity index (χ4n) is 4.32. The zero-order valence-corrected chi connectivity index (χ0v) is 16.8. The summed E-state index contributed by atoms with van der Waals surface area (Å²) >= 11 is 0. The molecule has 9 heteroatoms. The number of rotatable bonds is 5. The lowest BCUT2D eigenvalue weighted by atomic mass is 9.94. The molecule has 1 saturated heterocycles. The van der Waals surface area contributed by atoms with Gasteiger partial charge in [-0.3, -0.25) is 0 Å². The quantitative estimate of drug-likeness (QED) is 0.767. The minimum Gasteiger partial charge on any atom is -0.424 e. The molecule has 3 atom stereocenters. The van der Waals surface area contributed by atoms with Crippen LogP contribution in [0.15, 0.2) is 18.2 Å². The molecule has 2 aliphatic rings. The minimum absolute atomic E-state index is 0.0512. The zero-order valence-electron chi connectivity index (χ0n) is 16.8. The lowest BCUT2D eigenvalue weighted by Gasteiger charge is -2.30. The molecule has 2 bridgehead atoms. The number of hydrogen-bond acceptors (Lipinski definition) is 5. The van der Waals surface area contributed by atoms with Crippen LogP contribution in [0.1, 0.15) is 43.9 Å². The number of hydrogen-bond donors (Lipinski definition) is 2. The third kappa shape index (κ3) is 4.19. The van der Waals surface area contributed by atoms with E-state index in [2.05, 4.69) is 20.7 Å². The third-order valence-electron chi connectivity index (χ3n) is 5.71. The van der Waals surface area contributed by atoms with Crippen molar-refractivity contribution >= 4 is 5.95 Å². The number of nitrogens with one attached hydrogen (secondary N) is 2. The lowest BCUT2D eigenvalue weighted by molar-refractivity contribution is -0.137. The highest BCUT2D eigenvalue weighted by Gasteiger charge is 2.39. The van der Waals surface area contributed by atoms with Crippen molar-refractivity contribution in [3.63, 3.8) is 0 Å². The molecule has 1 aliphatic heterocycles. The van der Waals surface area contributed by atoms with E-state index in [0.717, 1.165) is 25.2 Å². The molecule has 29 heavy (non-hydrogen) atoms. The van der Waals surface area contributed by atoms with Gasteiger partial charge in [0.1, 0.15) is 5.75 Å². The Balaban J connectivity index is 1.59. The van der Waals surface area contributed by atoms with Crippen LogP contribution in [-0.4, -0.2) is 33.9 Å². The summed E-state index contributed by atoms with van der Waals surface area (Å²) in [5, 5.41) is 11.4. The molecule has 2 N–H and O–H groups in total. The molecule has 0 radical (unpaired) electrons. The molecule has 2 fully saturated rings. The topological polar surface area (TPSA) is 64.0 Å². The van der Waals surface area contributed by atoms with Crippen molar-refractivity contribution in [1.82, 2.24) is 20.1 Å². The van der Waals surface area contributed by atoms with Gasteiger partial charge in [-0.05, 0) is 82.3 Å². The molecule has 0 amide bonds. The van der Waals surface area contributed by atoms with Crippen molar-refractivity contribution in [3.05, 3.63) is 29.3 Å². The number of piperidine rings is 1. The van der Waals surface area contributed by atoms with Crippen molar-refractivity contribution in [1.29, 1.82) is 0 Å². The minimum atomic E-state index is -4.43. The van der Waals surface area contributed by atoms with Gasteiger partial charge in [0.25, 0.3) is 0 Å². The van der Waals surface area contributed by atoms with E-state index in [-0.39, 0.29) is 17.8 Å². The Labute approximate surface area is 167 Å². The first-order valence-electron chi connectivity index (χ1n) is 10.0. The number of ether oxygens (including phenoxy) is 1. The van der Waals surface area contributed by atoms with Gasteiger partial charge in [-0.15, -0.1) is 5.10 Å². The van der Waals surface area contributed by atoms with Crippen LogP contribution in [0.25, 0.3) is 0 Å². The van der Waals surface area contributed by atoms with Crippen LogP contribution in [0.2, 0.25) is 0 Å². The Morgan fingerprint density at radius 1 is 1.17 bits per heavy atom. The molecule has 1 unspecified atom stereocenters. The summed E-state index contributed by atoms with van der Waals surface area (Å²) in [4.78, 5) is 4.46. The first-order valence-corrected chi connectivity index (χ1v) is 10.0. The summed E-state index contributed by atoms with van der Waals surface area (Å²) in [7, 11) is 0. The van der Waals surface area contributed by atoms with Crippen LogP contribution < -0.4 is 15.4 Å². The highest BCUT2D eigenvalue weighted by molar-refractivity contribution is 5.38. The van der Waals surface area contributed by atoms with Crippen LogP contribution in [0.3, 0.4) is 0 Å². The number of aromatic nitrogens is 3. The maximum absolute atomic E-state index is 13.1. The first kappa shape index (κ1) is 20.0. The molecular weight excluding hydrogens is 383 g/mol. The predicted octanol–water partition coefficient (Wildman–Crippen LogP) is 4.39. The SMILES string of the molecule is Cc1cc(Oc2nc(NC3[C@@H]4CC[C@H]3CNC4)nn2C(C)C)cc(C(F)(F)F)c1. The van der Waals surface area contributed by atoms with E-state index >= 15 is 0 Å². The molecule has 158 valence electrons. The van der Waals surface area contributed by atoms with E-state index in [9.17, 15) is 13.2 Å². The molecule has 2 heterocycles. The van der Waals surface area contributed by atoms with Crippen LogP contribution in [0.4, 0.5) is 19.1 Å². The van der Waals surface area contributed by atoms with E-state index in [1.54, 1.807) is 17.7 Å². The van der Waals surface area contributed by atoms with Gasteiger partial charge in [0.05, 0.1) is 11.6 Å². The summed E-state index contributed by atoms with van der Waals surface area (Å²) in [6.45, 7) is 7.42. The van der Waals surface area contributed by atoms with E-state index < -0.39 is 11.7 Å². The number of fused-ring (bicyclic) bond motifs is 2. The zero-order chi connectivity index (χ0) is 20.8. The molecule has 4 rings (SSSR count). The Bertz CT molecular complexity index is 863. The third-order valence-corrected chi connectivity index (χ3v) is 5.71. The Hall–Kier alpha value is -2.29. The van der Waals surface area contributed by atoms with Crippen LogP contribution in [0, 0.1) is 18.8 Å². The molecule has 6 nitrogen and oxygen atoms in total. The lowest BCUT2D eigenvalue weighted by Crippen LogP contribution is -2.45. The average Bonchev–Trinajstić information content (AvgIpc) is 3.10. The van der Waals surface area contributed by atoms with Gasteiger partial charge in [-0.2, -0.15) is 18.2 Å². The van der Waals surface area contributed by atoms with E-state index in [0.29, 0.717) is 29.4 Å². The molecule has 0 spiro atoms. The van der Waals surface area contributed by atoms with Gasteiger partial charge < -0.3 is 15.4 Å². The molecule has 1 saturated carbocycles. The normalized spacial score (nSPS) is 24.2. The number of nitrogens with zero attached hydrogens (tertiary/aromatic N) is 3. The first-order chi connectivity index (χ1) is 13.7. The van der Waals surface area contributed by atoms with Crippen molar-refractivity contribution in [2.24, 2.45) is 11.8 Å². The van der Waals surface area contributed by atoms with Gasteiger partial charge in [0.2, 0.25) is 5.95 Å². The van der Waals surface area contributed by atoms with Crippen LogP contribution in [0.5, 0.6) is 11.8 Å². The summed E-state index contributed by atoms with van der Waals surface area (Å²) in [5.74, 6) is 1.63. The summed E-state index contributed by atoms with van der Waals surface area (Å²) in [6.07, 6.45) is -2.09. The van der Waals surface area contributed by atoms with Gasteiger partial charge in [-0.1, -0.05) is 0 Å². The number of alkyl halides is 3.